The Morgan fingerprint density at radius 2 is 1.92 bits per heavy atom. The lowest BCUT2D eigenvalue weighted by atomic mass is 10.2. The molecule has 0 radical (unpaired) electrons. The molecule has 1 aromatic rings. The van der Waals surface area contributed by atoms with E-state index in [1.807, 2.05) is 18.2 Å². The van der Waals surface area contributed by atoms with Crippen molar-refractivity contribution in [2.75, 3.05) is 40.1 Å². The molecule has 4 nitrogen and oxygen atoms in total. The van der Waals surface area contributed by atoms with Crippen LogP contribution in [0.4, 0.5) is 13.2 Å². The fourth-order valence-corrected chi connectivity index (χ4v) is 2.43. The molecular formula is C16H25F3IN3OS. The molecular weight excluding hydrogens is 466 g/mol. The predicted octanol–water partition coefficient (Wildman–Crippen LogP) is 4.00. The number of nitrogens with one attached hydrogen (secondary N) is 1. The molecule has 0 fully saturated rings. The Hall–Kier alpha value is -0.680. The minimum absolute atomic E-state index is 0. The summed E-state index contributed by atoms with van der Waals surface area (Å²) in [7, 11) is 3.59. The molecule has 0 unspecified atom stereocenters. The van der Waals surface area contributed by atoms with Gasteiger partial charge in [-0.25, -0.2) is 0 Å². The van der Waals surface area contributed by atoms with Crippen molar-refractivity contribution in [3.05, 3.63) is 29.8 Å². The molecule has 0 heterocycles. The zero-order valence-electron chi connectivity index (χ0n) is 14.6. The van der Waals surface area contributed by atoms with Crippen molar-refractivity contribution in [3.63, 3.8) is 0 Å². The van der Waals surface area contributed by atoms with Gasteiger partial charge in [0.25, 0.3) is 0 Å². The van der Waals surface area contributed by atoms with Gasteiger partial charge in [-0.2, -0.15) is 13.2 Å². The summed E-state index contributed by atoms with van der Waals surface area (Å²) in [6, 6.07) is 8.28. The van der Waals surface area contributed by atoms with E-state index in [4.69, 9.17) is 0 Å². The first-order chi connectivity index (χ1) is 11.4. The van der Waals surface area contributed by atoms with Crippen LogP contribution in [0, 0.1) is 0 Å². The fourth-order valence-electron chi connectivity index (χ4n) is 2.03. The number of thioether (sulfide) groups is 1. The van der Waals surface area contributed by atoms with Gasteiger partial charge in [-0.05, 0) is 30.4 Å². The molecule has 0 aliphatic heterocycles. The summed E-state index contributed by atoms with van der Waals surface area (Å²) in [4.78, 5) is 7.36. The number of nitrogens with zero attached hydrogens (tertiary/aromatic N) is 2. The van der Waals surface area contributed by atoms with E-state index in [2.05, 4.69) is 39.3 Å². The second kappa shape index (κ2) is 12.6. The second-order valence-electron chi connectivity index (χ2n) is 5.20. The van der Waals surface area contributed by atoms with E-state index in [9.17, 15) is 13.2 Å². The van der Waals surface area contributed by atoms with Crippen LogP contribution in [-0.4, -0.2) is 57.1 Å². The van der Waals surface area contributed by atoms with E-state index in [1.54, 1.807) is 18.8 Å². The summed E-state index contributed by atoms with van der Waals surface area (Å²) in [6.45, 7) is 0.0518. The Kier molecular flexibility index (Phi) is 12.3. The van der Waals surface area contributed by atoms with E-state index in [0.29, 0.717) is 25.5 Å². The maximum Gasteiger partial charge on any atom is 0.411 e. The van der Waals surface area contributed by atoms with E-state index in [0.717, 1.165) is 5.56 Å². The van der Waals surface area contributed by atoms with Crippen molar-refractivity contribution in [1.82, 2.24) is 10.2 Å². The number of aliphatic imine (C=N–C) groups is 1. The van der Waals surface area contributed by atoms with Crippen LogP contribution in [-0.2, 0) is 11.3 Å². The molecule has 1 rings (SSSR count). The van der Waals surface area contributed by atoms with Crippen LogP contribution < -0.4 is 5.32 Å². The maximum atomic E-state index is 11.9. The van der Waals surface area contributed by atoms with Gasteiger partial charge in [-0.15, -0.1) is 35.7 Å². The standard InChI is InChI=1S/C16H24F3N3OS.HI/c1-20-15(21-9-4-10-23-12-16(17,18)19)22(2)11-13-5-7-14(24-3)8-6-13;/h5-8H,4,9-12H2,1-3H3,(H,20,21);1H. The van der Waals surface area contributed by atoms with Gasteiger partial charge in [-0.3, -0.25) is 4.99 Å². The Labute approximate surface area is 168 Å². The van der Waals surface area contributed by atoms with Gasteiger partial charge in [0.2, 0.25) is 0 Å². The average Bonchev–Trinajstić information content (AvgIpc) is 2.53. The SMILES string of the molecule is CN=C(NCCCOCC(F)(F)F)N(C)Cc1ccc(SC)cc1.I. The van der Waals surface area contributed by atoms with Gasteiger partial charge in [-0.1, -0.05) is 12.1 Å². The lowest BCUT2D eigenvalue weighted by molar-refractivity contribution is -0.173. The Balaban J connectivity index is 0.00000576. The first-order valence-corrected chi connectivity index (χ1v) is 8.77. The second-order valence-corrected chi connectivity index (χ2v) is 6.08. The first kappa shape index (κ1) is 24.3. The highest BCUT2D eigenvalue weighted by Crippen LogP contribution is 2.16. The molecule has 0 saturated carbocycles. The van der Waals surface area contributed by atoms with E-state index >= 15 is 0 Å². The highest BCUT2D eigenvalue weighted by molar-refractivity contribution is 14.0. The largest absolute Gasteiger partial charge is 0.411 e. The number of rotatable bonds is 8. The molecule has 25 heavy (non-hydrogen) atoms. The van der Waals surface area contributed by atoms with Crippen molar-refractivity contribution < 1.29 is 17.9 Å². The van der Waals surface area contributed by atoms with Gasteiger partial charge in [0, 0.05) is 38.7 Å². The van der Waals surface area contributed by atoms with Crippen LogP contribution in [0.5, 0.6) is 0 Å². The van der Waals surface area contributed by atoms with Crippen LogP contribution in [0.15, 0.2) is 34.2 Å². The van der Waals surface area contributed by atoms with Crippen LogP contribution >= 0.6 is 35.7 Å². The summed E-state index contributed by atoms with van der Waals surface area (Å²) in [5, 5.41) is 3.12. The molecule has 0 saturated heterocycles. The van der Waals surface area contributed by atoms with Gasteiger partial charge in [0.05, 0.1) is 0 Å². The molecule has 0 amide bonds. The monoisotopic (exact) mass is 491 g/mol. The fraction of sp³-hybridized carbons (Fsp3) is 0.562. The topological polar surface area (TPSA) is 36.9 Å². The number of ether oxygens (including phenoxy) is 1. The zero-order valence-corrected chi connectivity index (χ0v) is 17.7. The van der Waals surface area contributed by atoms with Crippen molar-refractivity contribution in [3.8, 4) is 0 Å². The Morgan fingerprint density at radius 1 is 1.28 bits per heavy atom. The van der Waals surface area contributed by atoms with E-state index < -0.39 is 12.8 Å². The predicted molar refractivity (Wildman–Crippen MR) is 108 cm³/mol. The van der Waals surface area contributed by atoms with E-state index in [1.165, 1.54) is 4.90 Å². The lowest BCUT2D eigenvalue weighted by Crippen LogP contribution is -2.39. The Bertz CT molecular complexity index is 512. The highest BCUT2D eigenvalue weighted by atomic mass is 127. The normalized spacial score (nSPS) is 11.8. The summed E-state index contributed by atoms with van der Waals surface area (Å²) in [6.07, 6.45) is -1.76. The van der Waals surface area contributed by atoms with Crippen molar-refractivity contribution >= 4 is 41.7 Å². The number of hydrogen-bond acceptors (Lipinski definition) is 3. The average molecular weight is 491 g/mol. The third-order valence-electron chi connectivity index (χ3n) is 3.17. The molecule has 0 aromatic heterocycles. The minimum atomic E-state index is -4.27. The third kappa shape index (κ3) is 10.8. The van der Waals surface area contributed by atoms with Gasteiger partial charge < -0.3 is 15.0 Å². The molecule has 1 N–H and O–H groups in total. The number of benzene rings is 1. The summed E-state index contributed by atoms with van der Waals surface area (Å²) >= 11 is 1.69. The Morgan fingerprint density at radius 3 is 2.44 bits per heavy atom. The smallest absolute Gasteiger partial charge is 0.372 e. The molecule has 0 aliphatic carbocycles. The maximum absolute atomic E-state index is 11.9. The highest BCUT2D eigenvalue weighted by Gasteiger charge is 2.27. The number of halogens is 4. The van der Waals surface area contributed by atoms with Crippen LogP contribution in [0.2, 0.25) is 0 Å². The number of guanidine groups is 1. The molecule has 0 atom stereocenters. The van der Waals surface area contributed by atoms with Crippen LogP contribution in [0.25, 0.3) is 0 Å². The van der Waals surface area contributed by atoms with Gasteiger partial charge in [0.15, 0.2) is 5.96 Å². The van der Waals surface area contributed by atoms with Crippen LogP contribution in [0.3, 0.4) is 0 Å². The van der Waals surface area contributed by atoms with E-state index in [-0.39, 0.29) is 30.6 Å². The molecule has 144 valence electrons. The quantitative estimate of drug-likeness (QED) is 0.196. The molecule has 0 spiro atoms. The zero-order chi connectivity index (χ0) is 18.0. The first-order valence-electron chi connectivity index (χ1n) is 7.55. The van der Waals surface area contributed by atoms with Crippen molar-refractivity contribution in [1.29, 1.82) is 0 Å². The number of hydrogen-bond donors (Lipinski definition) is 1. The van der Waals surface area contributed by atoms with Crippen LogP contribution in [0.1, 0.15) is 12.0 Å². The molecule has 9 heteroatoms. The molecule has 0 bridgehead atoms. The van der Waals surface area contributed by atoms with Gasteiger partial charge >= 0.3 is 6.18 Å². The van der Waals surface area contributed by atoms with Crippen molar-refractivity contribution in [2.45, 2.75) is 24.0 Å². The number of alkyl halides is 3. The molecule has 1 aromatic carbocycles. The third-order valence-corrected chi connectivity index (χ3v) is 3.91. The minimum Gasteiger partial charge on any atom is -0.372 e. The summed E-state index contributed by atoms with van der Waals surface area (Å²) in [5.41, 5.74) is 1.16. The lowest BCUT2D eigenvalue weighted by Gasteiger charge is -2.22. The van der Waals surface area contributed by atoms with Gasteiger partial charge in [0.1, 0.15) is 6.61 Å². The summed E-state index contributed by atoms with van der Waals surface area (Å²) < 4.78 is 40.4. The van der Waals surface area contributed by atoms with Crippen molar-refractivity contribution in [2.24, 2.45) is 4.99 Å². The molecule has 0 aliphatic rings. The summed E-state index contributed by atoms with van der Waals surface area (Å²) in [5.74, 6) is 0.694.